The van der Waals surface area contributed by atoms with Gasteiger partial charge in [0, 0.05) is 18.5 Å². The Morgan fingerprint density at radius 3 is 2.55 bits per heavy atom. The molecule has 0 aromatic rings. The Morgan fingerprint density at radius 1 is 1.25 bits per heavy atom. The summed E-state index contributed by atoms with van der Waals surface area (Å²) in [5, 5.41) is 9.09. The van der Waals surface area contributed by atoms with Gasteiger partial charge in [0.05, 0.1) is 5.92 Å². The van der Waals surface area contributed by atoms with Gasteiger partial charge in [-0.2, -0.15) is 0 Å². The molecule has 1 amide bonds. The molecule has 5 heteroatoms. The van der Waals surface area contributed by atoms with Gasteiger partial charge in [0.25, 0.3) is 0 Å². The van der Waals surface area contributed by atoms with Gasteiger partial charge in [0.2, 0.25) is 5.91 Å². The minimum atomic E-state index is -0.735. The van der Waals surface area contributed by atoms with Crippen molar-refractivity contribution in [3.8, 4) is 0 Å². The maximum atomic E-state index is 12.7. The minimum absolute atomic E-state index is 0.0256. The van der Waals surface area contributed by atoms with E-state index in [1.807, 2.05) is 11.8 Å². The summed E-state index contributed by atoms with van der Waals surface area (Å²) in [6.45, 7) is 3.12. The predicted octanol–water partition coefficient (Wildman–Crippen LogP) is 1.46. The maximum Gasteiger partial charge on any atom is 0.306 e. The number of hydrogen-bond acceptors (Lipinski definition) is 3. The fraction of sp³-hybridized carbons (Fsp3) is 0.867. The van der Waals surface area contributed by atoms with Crippen molar-refractivity contribution in [2.75, 3.05) is 13.1 Å². The highest BCUT2D eigenvalue weighted by molar-refractivity contribution is 5.80. The van der Waals surface area contributed by atoms with Crippen molar-refractivity contribution in [1.29, 1.82) is 0 Å². The quantitative estimate of drug-likeness (QED) is 0.821. The zero-order valence-corrected chi connectivity index (χ0v) is 12.3. The number of hydrogen-bond donors (Lipinski definition) is 2. The minimum Gasteiger partial charge on any atom is -0.481 e. The zero-order valence-electron chi connectivity index (χ0n) is 12.3. The molecule has 5 nitrogen and oxygen atoms in total. The summed E-state index contributed by atoms with van der Waals surface area (Å²) in [4.78, 5) is 25.7. The van der Waals surface area contributed by atoms with Crippen LogP contribution in [-0.4, -0.2) is 41.0 Å². The molecule has 1 saturated heterocycles. The molecule has 1 aliphatic heterocycles. The predicted molar refractivity (Wildman–Crippen MR) is 76.0 cm³/mol. The Labute approximate surface area is 120 Å². The van der Waals surface area contributed by atoms with Crippen LogP contribution in [0.25, 0.3) is 0 Å². The van der Waals surface area contributed by atoms with Gasteiger partial charge in [-0.25, -0.2) is 0 Å². The van der Waals surface area contributed by atoms with Gasteiger partial charge in [-0.05, 0) is 45.1 Å². The third-order valence-corrected chi connectivity index (χ3v) is 5.04. The summed E-state index contributed by atoms with van der Waals surface area (Å²) in [5.74, 6) is -0.470. The first-order valence-corrected chi connectivity index (χ1v) is 7.78. The van der Waals surface area contributed by atoms with Crippen LogP contribution in [0.3, 0.4) is 0 Å². The van der Waals surface area contributed by atoms with E-state index in [0.717, 1.165) is 19.3 Å². The van der Waals surface area contributed by atoms with Gasteiger partial charge >= 0.3 is 5.97 Å². The zero-order chi connectivity index (χ0) is 14.7. The average Bonchev–Trinajstić information content (AvgIpc) is 2.46. The van der Waals surface area contributed by atoms with E-state index in [0.29, 0.717) is 31.8 Å². The second-order valence-corrected chi connectivity index (χ2v) is 6.33. The summed E-state index contributed by atoms with van der Waals surface area (Å²) < 4.78 is 0. The molecule has 1 aliphatic carbocycles. The van der Waals surface area contributed by atoms with Crippen LogP contribution >= 0.6 is 0 Å². The lowest BCUT2D eigenvalue weighted by Gasteiger charge is -2.40. The Morgan fingerprint density at radius 2 is 1.95 bits per heavy atom. The summed E-state index contributed by atoms with van der Waals surface area (Å²) in [6, 6.07) is 0.0256. The first-order valence-electron chi connectivity index (χ1n) is 7.78. The number of carbonyl (C=O) groups excluding carboxylic acids is 1. The lowest BCUT2D eigenvalue weighted by atomic mass is 9.77. The van der Waals surface area contributed by atoms with Gasteiger partial charge in [0.1, 0.15) is 0 Å². The SMILES string of the molecule is CC1CC(C(=O)O)CCN1C(=O)C1CCCCC1CN. The number of likely N-dealkylation sites (tertiary alicyclic amines) is 1. The number of carbonyl (C=O) groups is 2. The van der Waals surface area contributed by atoms with Crippen LogP contribution in [0.2, 0.25) is 0 Å². The van der Waals surface area contributed by atoms with Crippen LogP contribution in [0.5, 0.6) is 0 Å². The van der Waals surface area contributed by atoms with Crippen LogP contribution in [0.15, 0.2) is 0 Å². The molecule has 2 aliphatic rings. The van der Waals surface area contributed by atoms with Crippen LogP contribution < -0.4 is 5.73 Å². The van der Waals surface area contributed by atoms with Crippen molar-refractivity contribution in [3.05, 3.63) is 0 Å². The first-order chi connectivity index (χ1) is 9.54. The van der Waals surface area contributed by atoms with Gasteiger partial charge in [-0.3, -0.25) is 9.59 Å². The molecule has 1 saturated carbocycles. The third-order valence-electron chi connectivity index (χ3n) is 5.04. The second-order valence-electron chi connectivity index (χ2n) is 6.33. The van der Waals surface area contributed by atoms with Crippen LogP contribution in [0.1, 0.15) is 45.4 Å². The number of nitrogens with two attached hydrogens (primary N) is 1. The van der Waals surface area contributed by atoms with E-state index >= 15 is 0 Å². The Kier molecular flexibility index (Phi) is 5.02. The molecule has 114 valence electrons. The molecule has 1 heterocycles. The highest BCUT2D eigenvalue weighted by atomic mass is 16.4. The van der Waals surface area contributed by atoms with E-state index in [1.165, 1.54) is 6.42 Å². The number of piperidine rings is 1. The molecule has 0 aromatic heterocycles. The molecule has 2 fully saturated rings. The molecule has 3 N–H and O–H groups in total. The van der Waals surface area contributed by atoms with Crippen molar-refractivity contribution in [2.24, 2.45) is 23.5 Å². The van der Waals surface area contributed by atoms with E-state index in [1.54, 1.807) is 0 Å². The molecule has 2 rings (SSSR count). The fourth-order valence-electron chi connectivity index (χ4n) is 3.75. The fourth-order valence-corrected chi connectivity index (χ4v) is 3.75. The average molecular weight is 282 g/mol. The molecule has 4 atom stereocenters. The Balaban J connectivity index is 2.00. The van der Waals surface area contributed by atoms with Crippen molar-refractivity contribution >= 4 is 11.9 Å². The second kappa shape index (κ2) is 6.57. The van der Waals surface area contributed by atoms with E-state index < -0.39 is 5.97 Å². The highest BCUT2D eigenvalue weighted by Crippen LogP contribution is 2.33. The molecule has 0 radical (unpaired) electrons. The summed E-state index contributed by atoms with van der Waals surface area (Å²) in [7, 11) is 0. The maximum absolute atomic E-state index is 12.7. The molecular formula is C15H26N2O3. The monoisotopic (exact) mass is 282 g/mol. The molecule has 0 aromatic carbocycles. The van der Waals surface area contributed by atoms with Crippen molar-refractivity contribution < 1.29 is 14.7 Å². The third kappa shape index (κ3) is 3.14. The number of amides is 1. The summed E-state index contributed by atoms with van der Waals surface area (Å²) in [5.41, 5.74) is 5.81. The van der Waals surface area contributed by atoms with Crippen molar-refractivity contribution in [2.45, 2.75) is 51.5 Å². The van der Waals surface area contributed by atoms with Crippen LogP contribution in [0.4, 0.5) is 0 Å². The van der Waals surface area contributed by atoms with Crippen molar-refractivity contribution in [1.82, 2.24) is 4.90 Å². The Hall–Kier alpha value is -1.10. The van der Waals surface area contributed by atoms with Gasteiger partial charge in [-0.1, -0.05) is 12.8 Å². The van der Waals surface area contributed by atoms with Crippen LogP contribution in [-0.2, 0) is 9.59 Å². The molecule has 0 bridgehead atoms. The van der Waals surface area contributed by atoms with E-state index in [4.69, 9.17) is 10.8 Å². The number of rotatable bonds is 3. The standard InChI is InChI=1S/C15H26N2O3/c1-10-8-11(15(19)20)6-7-17(10)14(18)13-5-3-2-4-12(13)9-16/h10-13H,2-9,16H2,1H3,(H,19,20). The summed E-state index contributed by atoms with van der Waals surface area (Å²) >= 11 is 0. The number of carboxylic acid groups (broad SMARTS) is 1. The number of nitrogens with zero attached hydrogens (tertiary/aromatic N) is 1. The lowest BCUT2D eigenvalue weighted by molar-refractivity contribution is -0.150. The van der Waals surface area contributed by atoms with Gasteiger partial charge in [0.15, 0.2) is 0 Å². The first kappa shape index (κ1) is 15.3. The van der Waals surface area contributed by atoms with Crippen LogP contribution in [0, 0.1) is 17.8 Å². The summed E-state index contributed by atoms with van der Waals surface area (Å²) in [6.07, 6.45) is 5.40. The molecule has 20 heavy (non-hydrogen) atoms. The van der Waals surface area contributed by atoms with Crippen molar-refractivity contribution in [3.63, 3.8) is 0 Å². The molecule has 0 spiro atoms. The lowest BCUT2D eigenvalue weighted by Crippen LogP contribution is -2.50. The molecule has 4 unspecified atom stereocenters. The topological polar surface area (TPSA) is 83.6 Å². The van der Waals surface area contributed by atoms with Gasteiger partial charge in [-0.15, -0.1) is 0 Å². The number of aliphatic carboxylic acids is 1. The van der Waals surface area contributed by atoms with Gasteiger partial charge < -0.3 is 15.7 Å². The number of carboxylic acids is 1. The van der Waals surface area contributed by atoms with E-state index in [2.05, 4.69) is 0 Å². The van der Waals surface area contributed by atoms with E-state index in [-0.39, 0.29) is 23.8 Å². The smallest absolute Gasteiger partial charge is 0.306 e. The normalized spacial score (nSPS) is 34.8. The highest BCUT2D eigenvalue weighted by Gasteiger charge is 2.38. The van der Waals surface area contributed by atoms with E-state index in [9.17, 15) is 9.59 Å². The molecular weight excluding hydrogens is 256 g/mol. The largest absolute Gasteiger partial charge is 0.481 e. The Bertz CT molecular complexity index is 372.